The van der Waals surface area contributed by atoms with Gasteiger partial charge < -0.3 is 5.11 Å². The SMILES string of the molecule is CC(C)NC(C)(CC(C)Sc1cccc(Cl)c1)C(=O)O. The first-order valence-electron chi connectivity index (χ1n) is 6.66. The molecule has 0 bridgehead atoms. The first kappa shape index (κ1) is 17.3. The predicted molar refractivity (Wildman–Crippen MR) is 85.7 cm³/mol. The minimum atomic E-state index is -0.918. The lowest BCUT2D eigenvalue weighted by Gasteiger charge is -2.31. The second-order valence-corrected chi connectivity index (χ2v) is 7.47. The van der Waals surface area contributed by atoms with E-state index in [9.17, 15) is 9.90 Å². The van der Waals surface area contributed by atoms with Crippen LogP contribution in [0.2, 0.25) is 5.02 Å². The standard InChI is InChI=1S/C15H22ClNO2S/c1-10(2)17-15(4,14(18)19)9-11(3)20-13-7-5-6-12(16)8-13/h5-8,10-11,17H,9H2,1-4H3,(H,18,19). The van der Waals surface area contributed by atoms with E-state index < -0.39 is 11.5 Å². The van der Waals surface area contributed by atoms with Gasteiger partial charge in [-0.2, -0.15) is 0 Å². The predicted octanol–water partition coefficient (Wildman–Crippen LogP) is 4.05. The maximum absolute atomic E-state index is 11.5. The van der Waals surface area contributed by atoms with Gasteiger partial charge in [0, 0.05) is 21.2 Å². The molecular weight excluding hydrogens is 294 g/mol. The van der Waals surface area contributed by atoms with Crippen molar-refractivity contribution in [1.29, 1.82) is 0 Å². The van der Waals surface area contributed by atoms with E-state index in [1.807, 2.05) is 45.0 Å². The molecular formula is C15H22ClNO2S. The number of aliphatic carboxylic acids is 1. The van der Waals surface area contributed by atoms with Crippen LogP contribution in [0, 0.1) is 0 Å². The van der Waals surface area contributed by atoms with Crippen LogP contribution >= 0.6 is 23.4 Å². The second-order valence-electron chi connectivity index (χ2n) is 5.53. The highest BCUT2D eigenvalue weighted by atomic mass is 35.5. The summed E-state index contributed by atoms with van der Waals surface area (Å²) in [5, 5.41) is 13.5. The van der Waals surface area contributed by atoms with Crippen molar-refractivity contribution in [2.75, 3.05) is 0 Å². The number of hydrogen-bond acceptors (Lipinski definition) is 3. The van der Waals surface area contributed by atoms with Crippen molar-refractivity contribution >= 4 is 29.3 Å². The van der Waals surface area contributed by atoms with Crippen LogP contribution in [-0.4, -0.2) is 27.9 Å². The molecule has 0 aliphatic rings. The number of carboxylic acids is 1. The average Bonchev–Trinajstić information content (AvgIpc) is 2.26. The zero-order valence-corrected chi connectivity index (χ0v) is 13.9. The fourth-order valence-corrected chi connectivity index (χ4v) is 3.72. The summed E-state index contributed by atoms with van der Waals surface area (Å²) >= 11 is 7.60. The number of nitrogens with one attached hydrogen (secondary N) is 1. The molecule has 2 atom stereocenters. The van der Waals surface area contributed by atoms with Crippen molar-refractivity contribution in [3.05, 3.63) is 29.3 Å². The van der Waals surface area contributed by atoms with Gasteiger partial charge in [-0.3, -0.25) is 10.1 Å². The van der Waals surface area contributed by atoms with Crippen molar-refractivity contribution in [3.8, 4) is 0 Å². The number of rotatable bonds is 7. The van der Waals surface area contributed by atoms with Gasteiger partial charge in [0.05, 0.1) is 0 Å². The van der Waals surface area contributed by atoms with Crippen molar-refractivity contribution < 1.29 is 9.90 Å². The highest BCUT2D eigenvalue weighted by Crippen LogP contribution is 2.30. The molecule has 2 unspecified atom stereocenters. The lowest BCUT2D eigenvalue weighted by molar-refractivity contribution is -0.144. The maximum Gasteiger partial charge on any atom is 0.323 e. The summed E-state index contributed by atoms with van der Waals surface area (Å²) in [6, 6.07) is 7.75. The summed E-state index contributed by atoms with van der Waals surface area (Å²) in [5.74, 6) is -0.815. The minimum Gasteiger partial charge on any atom is -0.480 e. The van der Waals surface area contributed by atoms with Gasteiger partial charge in [-0.1, -0.05) is 24.6 Å². The van der Waals surface area contributed by atoms with Gasteiger partial charge >= 0.3 is 5.97 Å². The van der Waals surface area contributed by atoms with Crippen molar-refractivity contribution in [1.82, 2.24) is 5.32 Å². The maximum atomic E-state index is 11.5. The molecule has 0 spiro atoms. The second kappa shape index (κ2) is 7.34. The molecule has 0 aliphatic heterocycles. The molecule has 3 nitrogen and oxygen atoms in total. The molecule has 0 saturated carbocycles. The number of halogens is 1. The van der Waals surface area contributed by atoms with Crippen molar-refractivity contribution in [2.45, 2.75) is 55.8 Å². The summed E-state index contributed by atoms with van der Waals surface area (Å²) in [5.41, 5.74) is -0.918. The van der Waals surface area contributed by atoms with Gasteiger partial charge in [0.25, 0.3) is 0 Å². The summed E-state index contributed by atoms with van der Waals surface area (Å²) in [6.45, 7) is 7.69. The smallest absolute Gasteiger partial charge is 0.323 e. The Labute approximate surface area is 130 Å². The summed E-state index contributed by atoms with van der Waals surface area (Å²) in [4.78, 5) is 12.6. The fourth-order valence-electron chi connectivity index (χ4n) is 2.23. The summed E-state index contributed by atoms with van der Waals surface area (Å²) < 4.78 is 0. The van der Waals surface area contributed by atoms with Gasteiger partial charge in [-0.05, 0) is 45.4 Å². The third kappa shape index (κ3) is 5.35. The summed E-state index contributed by atoms with van der Waals surface area (Å²) in [6.07, 6.45) is 0.539. The quantitative estimate of drug-likeness (QED) is 0.745. The molecule has 5 heteroatoms. The van der Waals surface area contributed by atoms with Crippen molar-refractivity contribution in [3.63, 3.8) is 0 Å². The molecule has 0 fully saturated rings. The van der Waals surface area contributed by atoms with Gasteiger partial charge in [0.1, 0.15) is 5.54 Å². The van der Waals surface area contributed by atoms with Crippen LogP contribution in [-0.2, 0) is 4.79 Å². The van der Waals surface area contributed by atoms with E-state index in [0.29, 0.717) is 11.4 Å². The Balaban J connectivity index is 2.71. The molecule has 0 saturated heterocycles. The average molecular weight is 316 g/mol. The molecule has 1 aromatic carbocycles. The monoisotopic (exact) mass is 315 g/mol. The first-order chi connectivity index (χ1) is 9.23. The lowest BCUT2D eigenvalue weighted by atomic mass is 9.95. The van der Waals surface area contributed by atoms with Crippen LogP contribution in [0.25, 0.3) is 0 Å². The van der Waals surface area contributed by atoms with Gasteiger partial charge in [-0.15, -0.1) is 11.8 Å². The van der Waals surface area contributed by atoms with Gasteiger partial charge in [0.15, 0.2) is 0 Å². The Bertz CT molecular complexity index is 467. The van der Waals surface area contributed by atoms with Gasteiger partial charge in [-0.25, -0.2) is 0 Å². The number of benzene rings is 1. The minimum absolute atomic E-state index is 0.125. The highest BCUT2D eigenvalue weighted by Gasteiger charge is 2.35. The molecule has 0 aliphatic carbocycles. The highest BCUT2D eigenvalue weighted by molar-refractivity contribution is 8.00. The van der Waals surface area contributed by atoms with Crippen LogP contribution in [0.1, 0.15) is 34.1 Å². The Morgan fingerprint density at radius 3 is 2.60 bits per heavy atom. The molecule has 20 heavy (non-hydrogen) atoms. The zero-order chi connectivity index (χ0) is 15.3. The van der Waals surface area contributed by atoms with E-state index in [0.717, 1.165) is 4.90 Å². The van der Waals surface area contributed by atoms with Crippen molar-refractivity contribution in [2.24, 2.45) is 0 Å². The van der Waals surface area contributed by atoms with Crippen LogP contribution in [0.5, 0.6) is 0 Å². The number of carboxylic acid groups (broad SMARTS) is 1. The van der Waals surface area contributed by atoms with E-state index in [1.165, 1.54) is 0 Å². The van der Waals surface area contributed by atoms with Gasteiger partial charge in [0.2, 0.25) is 0 Å². The lowest BCUT2D eigenvalue weighted by Crippen LogP contribution is -2.53. The third-order valence-corrected chi connectivity index (χ3v) is 4.24. The van der Waals surface area contributed by atoms with E-state index in [-0.39, 0.29) is 11.3 Å². The van der Waals surface area contributed by atoms with E-state index in [2.05, 4.69) is 5.32 Å². The van der Waals surface area contributed by atoms with Crippen LogP contribution in [0.4, 0.5) is 0 Å². The number of hydrogen-bond donors (Lipinski definition) is 2. The Morgan fingerprint density at radius 1 is 1.45 bits per heavy atom. The Hall–Kier alpha value is -0.710. The molecule has 0 aromatic heterocycles. The molecule has 2 N–H and O–H groups in total. The van der Waals surface area contributed by atoms with E-state index in [4.69, 9.17) is 11.6 Å². The Kier molecular flexibility index (Phi) is 6.37. The third-order valence-electron chi connectivity index (χ3n) is 2.91. The molecule has 0 radical (unpaired) electrons. The molecule has 1 aromatic rings. The normalized spacial score (nSPS) is 15.9. The topological polar surface area (TPSA) is 49.3 Å². The number of carbonyl (C=O) groups is 1. The fraction of sp³-hybridized carbons (Fsp3) is 0.533. The number of thioether (sulfide) groups is 1. The molecule has 112 valence electrons. The van der Waals surface area contributed by atoms with E-state index >= 15 is 0 Å². The van der Waals surface area contributed by atoms with Crippen LogP contribution in [0.3, 0.4) is 0 Å². The molecule has 0 heterocycles. The van der Waals surface area contributed by atoms with E-state index in [1.54, 1.807) is 18.7 Å². The largest absolute Gasteiger partial charge is 0.480 e. The van der Waals surface area contributed by atoms with Crippen LogP contribution in [0.15, 0.2) is 29.2 Å². The Morgan fingerprint density at radius 2 is 2.10 bits per heavy atom. The first-order valence-corrected chi connectivity index (χ1v) is 7.92. The summed E-state index contributed by atoms with van der Waals surface area (Å²) in [7, 11) is 0. The zero-order valence-electron chi connectivity index (χ0n) is 12.3. The molecule has 1 rings (SSSR count). The van der Waals surface area contributed by atoms with Crippen LogP contribution < -0.4 is 5.32 Å². The molecule has 0 amide bonds.